The highest BCUT2D eigenvalue weighted by Crippen LogP contribution is 2.05. The number of nitrogens with zero attached hydrogens (tertiary/aromatic N) is 1. The maximum absolute atomic E-state index is 13.0. The number of carboxylic acids is 2. The molecule has 0 aromatic carbocycles. The van der Waals surface area contributed by atoms with Crippen LogP contribution in [0.2, 0.25) is 0 Å². The summed E-state index contributed by atoms with van der Waals surface area (Å²) in [5.41, 5.74) is 11.5. The molecule has 4 unspecified atom stereocenters. The van der Waals surface area contributed by atoms with Crippen molar-refractivity contribution in [3.63, 3.8) is 0 Å². The van der Waals surface area contributed by atoms with Gasteiger partial charge in [0, 0.05) is 18.3 Å². The predicted molar refractivity (Wildman–Crippen MR) is 115 cm³/mol. The van der Waals surface area contributed by atoms with Gasteiger partial charge >= 0.3 is 11.9 Å². The summed E-state index contributed by atoms with van der Waals surface area (Å²) in [6.45, 7) is 1.65. The molecule has 0 aliphatic rings. The summed E-state index contributed by atoms with van der Waals surface area (Å²) in [6, 6.07) is -4.86. The lowest BCUT2D eigenvalue weighted by atomic mass is 10.1. The number of imidazole rings is 1. The molecule has 0 spiro atoms. The Morgan fingerprint density at radius 1 is 1.03 bits per heavy atom. The highest BCUT2D eigenvalue weighted by molar-refractivity contribution is 5.94. The molecule has 1 aromatic rings. The van der Waals surface area contributed by atoms with E-state index in [2.05, 4.69) is 25.9 Å². The first-order valence-corrected chi connectivity index (χ1v) is 10.3. The standard InChI is InChI=1S/C19H31N7O7/c1-10(19(32)33)24-17(30)13(4-2-3-5-20)25-18(31)14(6-11-8-22-9-23-11)26-16(29)12(21)7-15(27)28/h8-10,12-14H,2-7,20-21H2,1H3,(H,22,23)(H,24,30)(H,25,31)(H,26,29)(H,27,28)(H,32,33). The number of aromatic nitrogens is 2. The van der Waals surface area contributed by atoms with E-state index in [1.54, 1.807) is 0 Å². The third-order valence-corrected chi connectivity index (χ3v) is 4.65. The van der Waals surface area contributed by atoms with Crippen molar-refractivity contribution < 1.29 is 34.2 Å². The molecule has 1 heterocycles. The summed E-state index contributed by atoms with van der Waals surface area (Å²) in [5, 5.41) is 25.1. The molecule has 1 rings (SSSR count). The van der Waals surface area contributed by atoms with Gasteiger partial charge in [0.2, 0.25) is 17.7 Å². The van der Waals surface area contributed by atoms with Crippen LogP contribution in [0.4, 0.5) is 0 Å². The van der Waals surface area contributed by atoms with Crippen molar-refractivity contribution in [3.05, 3.63) is 18.2 Å². The van der Waals surface area contributed by atoms with Gasteiger partial charge in [0.1, 0.15) is 18.1 Å². The fourth-order valence-corrected chi connectivity index (χ4v) is 2.79. The van der Waals surface area contributed by atoms with Gasteiger partial charge < -0.3 is 42.6 Å². The number of H-pyrrole nitrogens is 1. The first-order chi connectivity index (χ1) is 15.5. The normalized spacial score (nSPS) is 14.4. The van der Waals surface area contributed by atoms with Crippen molar-refractivity contribution in [2.45, 2.75) is 63.2 Å². The van der Waals surface area contributed by atoms with Crippen LogP contribution in [0.15, 0.2) is 12.5 Å². The molecule has 0 aliphatic carbocycles. The zero-order valence-corrected chi connectivity index (χ0v) is 18.2. The van der Waals surface area contributed by atoms with E-state index < -0.39 is 60.2 Å². The van der Waals surface area contributed by atoms with E-state index in [1.165, 1.54) is 19.4 Å². The summed E-state index contributed by atoms with van der Waals surface area (Å²) in [4.78, 5) is 66.4. The van der Waals surface area contributed by atoms with Crippen molar-refractivity contribution in [2.24, 2.45) is 11.5 Å². The second-order valence-electron chi connectivity index (χ2n) is 7.46. The third kappa shape index (κ3) is 10.1. The minimum atomic E-state index is -1.39. The van der Waals surface area contributed by atoms with E-state index in [4.69, 9.17) is 21.7 Å². The van der Waals surface area contributed by atoms with Crippen molar-refractivity contribution >= 4 is 29.7 Å². The Morgan fingerprint density at radius 2 is 1.67 bits per heavy atom. The number of carbonyl (C=O) groups is 5. The fourth-order valence-electron chi connectivity index (χ4n) is 2.79. The number of amides is 3. The Morgan fingerprint density at radius 3 is 2.21 bits per heavy atom. The smallest absolute Gasteiger partial charge is 0.325 e. The average Bonchev–Trinajstić information content (AvgIpc) is 3.24. The summed E-state index contributed by atoms with van der Waals surface area (Å²) in [7, 11) is 0. The number of aromatic amines is 1. The number of hydrogen-bond acceptors (Lipinski definition) is 8. The fraction of sp³-hybridized carbons (Fsp3) is 0.579. The molecular formula is C19H31N7O7. The van der Waals surface area contributed by atoms with E-state index in [1.807, 2.05) is 0 Å². The third-order valence-electron chi connectivity index (χ3n) is 4.65. The predicted octanol–water partition coefficient (Wildman–Crippen LogP) is -2.56. The van der Waals surface area contributed by atoms with Gasteiger partial charge in [-0.25, -0.2) is 4.98 Å². The van der Waals surface area contributed by atoms with Gasteiger partial charge in [-0.05, 0) is 32.7 Å². The molecule has 33 heavy (non-hydrogen) atoms. The molecule has 0 saturated carbocycles. The molecule has 0 bridgehead atoms. The molecule has 3 amide bonds. The highest BCUT2D eigenvalue weighted by atomic mass is 16.4. The van der Waals surface area contributed by atoms with Crippen LogP contribution >= 0.6 is 0 Å². The van der Waals surface area contributed by atoms with Gasteiger partial charge in [0.05, 0.1) is 18.8 Å². The van der Waals surface area contributed by atoms with Crippen LogP contribution < -0.4 is 27.4 Å². The minimum absolute atomic E-state index is 0.0416. The minimum Gasteiger partial charge on any atom is -0.481 e. The van der Waals surface area contributed by atoms with E-state index >= 15 is 0 Å². The van der Waals surface area contributed by atoms with Crippen molar-refractivity contribution in [1.29, 1.82) is 0 Å². The number of unbranched alkanes of at least 4 members (excludes halogenated alkanes) is 1. The second-order valence-corrected chi connectivity index (χ2v) is 7.46. The zero-order valence-electron chi connectivity index (χ0n) is 18.2. The summed E-state index contributed by atoms with van der Waals surface area (Å²) in [5.74, 6) is -4.83. The largest absolute Gasteiger partial charge is 0.481 e. The maximum atomic E-state index is 13.0. The molecule has 184 valence electrons. The Labute approximate surface area is 189 Å². The first-order valence-electron chi connectivity index (χ1n) is 10.3. The van der Waals surface area contributed by atoms with Crippen LogP contribution in [-0.4, -0.2) is 80.6 Å². The van der Waals surface area contributed by atoms with Gasteiger partial charge in [-0.2, -0.15) is 0 Å². The molecular weight excluding hydrogens is 438 g/mol. The van der Waals surface area contributed by atoms with Crippen LogP contribution in [-0.2, 0) is 30.4 Å². The van der Waals surface area contributed by atoms with Crippen LogP contribution in [0.25, 0.3) is 0 Å². The van der Waals surface area contributed by atoms with Crippen LogP contribution in [0.1, 0.15) is 38.3 Å². The Balaban J connectivity index is 2.99. The van der Waals surface area contributed by atoms with Gasteiger partial charge in [0.15, 0.2) is 0 Å². The number of nitrogens with two attached hydrogens (primary N) is 2. The molecule has 1 aromatic heterocycles. The lowest BCUT2D eigenvalue weighted by Crippen LogP contribution is -2.57. The molecule has 4 atom stereocenters. The SMILES string of the molecule is CC(NC(=O)C(CCCCN)NC(=O)C(Cc1cnc[nH]1)NC(=O)C(N)CC(=O)O)C(=O)O. The van der Waals surface area contributed by atoms with Gasteiger partial charge in [0.25, 0.3) is 0 Å². The Kier molecular flexibility index (Phi) is 11.5. The molecule has 0 radical (unpaired) electrons. The van der Waals surface area contributed by atoms with E-state index in [-0.39, 0.29) is 12.8 Å². The topological polar surface area (TPSA) is 243 Å². The number of hydrogen-bond donors (Lipinski definition) is 8. The summed E-state index contributed by atoms with van der Waals surface area (Å²) < 4.78 is 0. The maximum Gasteiger partial charge on any atom is 0.325 e. The highest BCUT2D eigenvalue weighted by Gasteiger charge is 2.30. The van der Waals surface area contributed by atoms with Crippen LogP contribution in [0, 0.1) is 0 Å². The average molecular weight is 469 g/mol. The molecule has 10 N–H and O–H groups in total. The number of nitrogens with one attached hydrogen (secondary N) is 4. The van der Waals surface area contributed by atoms with E-state index in [0.29, 0.717) is 25.1 Å². The number of carbonyl (C=O) groups excluding carboxylic acids is 3. The zero-order chi connectivity index (χ0) is 25.0. The Hall–Kier alpha value is -3.52. The summed E-state index contributed by atoms with van der Waals surface area (Å²) in [6.07, 6.45) is 3.37. The van der Waals surface area contributed by atoms with Crippen LogP contribution in [0.5, 0.6) is 0 Å². The lowest BCUT2D eigenvalue weighted by molar-refractivity contribution is -0.141. The number of rotatable bonds is 15. The molecule has 14 heteroatoms. The summed E-state index contributed by atoms with van der Waals surface area (Å²) >= 11 is 0. The number of aliphatic carboxylic acids is 2. The lowest BCUT2D eigenvalue weighted by Gasteiger charge is -2.24. The van der Waals surface area contributed by atoms with E-state index in [9.17, 15) is 24.0 Å². The van der Waals surface area contributed by atoms with Gasteiger partial charge in [-0.1, -0.05) is 0 Å². The van der Waals surface area contributed by atoms with Crippen molar-refractivity contribution in [2.75, 3.05) is 6.54 Å². The van der Waals surface area contributed by atoms with Crippen molar-refractivity contribution in [1.82, 2.24) is 25.9 Å². The van der Waals surface area contributed by atoms with Gasteiger partial charge in [-0.3, -0.25) is 24.0 Å². The van der Waals surface area contributed by atoms with Crippen LogP contribution in [0.3, 0.4) is 0 Å². The quantitative estimate of drug-likeness (QED) is 0.125. The van der Waals surface area contributed by atoms with Crippen molar-refractivity contribution in [3.8, 4) is 0 Å². The Bertz CT molecular complexity index is 815. The molecule has 0 fully saturated rings. The molecule has 0 aliphatic heterocycles. The number of carboxylic acid groups (broad SMARTS) is 2. The molecule has 0 saturated heterocycles. The molecule has 14 nitrogen and oxygen atoms in total. The van der Waals surface area contributed by atoms with Gasteiger partial charge in [-0.15, -0.1) is 0 Å². The second kappa shape index (κ2) is 13.8. The monoisotopic (exact) mass is 469 g/mol. The van der Waals surface area contributed by atoms with E-state index in [0.717, 1.165) is 0 Å². The first kappa shape index (κ1) is 27.5.